The molecule has 0 aliphatic rings. The number of hydrogen-bond acceptors (Lipinski definition) is 2. The molecule has 0 bridgehead atoms. The number of halogens is 1. The molecule has 0 aliphatic carbocycles. The molecule has 0 fully saturated rings. The van der Waals surface area contributed by atoms with Crippen LogP contribution in [0.2, 0.25) is 5.02 Å². The topological polar surface area (TPSA) is 26.0 Å². The summed E-state index contributed by atoms with van der Waals surface area (Å²) < 4.78 is 0. The van der Waals surface area contributed by atoms with E-state index in [1.165, 1.54) is 0 Å². The van der Waals surface area contributed by atoms with Crippen LogP contribution in [0.4, 0.5) is 5.69 Å². The first-order valence-electron chi connectivity index (χ1n) is 4.31. The highest BCUT2D eigenvalue weighted by atomic mass is 35.5. The minimum atomic E-state index is 0.702. The number of thioether (sulfide) groups is 1. The van der Waals surface area contributed by atoms with Crippen LogP contribution in [0.3, 0.4) is 0 Å². The fraction of sp³-hybridized carbons (Fsp3) is 0.273. The molecule has 3 heteroatoms. The molecular weight excluding hydrogens is 214 g/mol. The molecule has 1 nitrogen and oxygen atoms in total. The molecule has 1 rings (SSSR count). The average molecular weight is 226 g/mol. The van der Waals surface area contributed by atoms with Gasteiger partial charge in [-0.25, -0.2) is 0 Å². The van der Waals surface area contributed by atoms with Crippen molar-refractivity contribution in [2.75, 3.05) is 11.5 Å². The molecule has 0 radical (unpaired) electrons. The molecular formula is C11H12ClNS. The summed E-state index contributed by atoms with van der Waals surface area (Å²) in [5, 5.41) is 0.722. The van der Waals surface area contributed by atoms with Gasteiger partial charge in [0.15, 0.2) is 0 Å². The lowest BCUT2D eigenvalue weighted by Gasteiger charge is -2.02. The lowest BCUT2D eigenvalue weighted by Crippen LogP contribution is -1.85. The Morgan fingerprint density at radius 2 is 2.29 bits per heavy atom. The molecule has 74 valence electrons. The summed E-state index contributed by atoms with van der Waals surface area (Å²) in [6.45, 7) is 1.85. The fourth-order valence-electron chi connectivity index (χ4n) is 0.971. The van der Waals surface area contributed by atoms with Gasteiger partial charge in [-0.1, -0.05) is 11.6 Å². The van der Waals surface area contributed by atoms with Crippen molar-refractivity contribution in [1.29, 1.82) is 0 Å². The van der Waals surface area contributed by atoms with Crippen molar-refractivity contribution < 1.29 is 0 Å². The van der Waals surface area contributed by atoms with Crippen molar-refractivity contribution in [3.8, 4) is 11.8 Å². The quantitative estimate of drug-likeness (QED) is 0.369. The third-order valence-corrected chi connectivity index (χ3v) is 3.12. The van der Waals surface area contributed by atoms with E-state index in [0.29, 0.717) is 5.69 Å². The maximum absolute atomic E-state index is 6.01. The van der Waals surface area contributed by atoms with Crippen molar-refractivity contribution in [2.45, 2.75) is 18.2 Å². The Labute approximate surface area is 94.0 Å². The predicted octanol–water partition coefficient (Wildman–Crippen LogP) is 3.43. The van der Waals surface area contributed by atoms with E-state index in [4.69, 9.17) is 17.3 Å². The van der Waals surface area contributed by atoms with Gasteiger partial charge in [-0.05, 0) is 25.1 Å². The molecule has 2 N–H and O–H groups in total. The molecule has 0 saturated heterocycles. The van der Waals surface area contributed by atoms with E-state index in [2.05, 4.69) is 11.8 Å². The second kappa shape index (κ2) is 5.85. The highest BCUT2D eigenvalue weighted by Crippen LogP contribution is 2.28. The van der Waals surface area contributed by atoms with E-state index in [0.717, 1.165) is 22.1 Å². The summed E-state index contributed by atoms with van der Waals surface area (Å²) in [5.41, 5.74) is 6.29. The number of nitrogen functional groups attached to an aromatic ring is 1. The summed E-state index contributed by atoms with van der Waals surface area (Å²) in [6, 6.07) is 5.58. The van der Waals surface area contributed by atoms with Gasteiger partial charge in [0.05, 0.1) is 5.02 Å². The zero-order chi connectivity index (χ0) is 10.4. The van der Waals surface area contributed by atoms with E-state index < -0.39 is 0 Å². The summed E-state index contributed by atoms with van der Waals surface area (Å²) in [6.07, 6.45) is 0.891. The molecule has 1 aromatic rings. The molecule has 0 spiro atoms. The average Bonchev–Trinajstić information content (AvgIpc) is 2.15. The van der Waals surface area contributed by atoms with Crippen LogP contribution in [0.1, 0.15) is 13.3 Å². The number of hydrogen-bond donors (Lipinski definition) is 1. The minimum Gasteiger partial charge on any atom is -0.399 e. The molecule has 0 aromatic heterocycles. The molecule has 1 aromatic carbocycles. The maximum Gasteiger partial charge on any atom is 0.0562 e. The third-order valence-electron chi connectivity index (χ3n) is 1.62. The van der Waals surface area contributed by atoms with Crippen molar-refractivity contribution >= 4 is 29.1 Å². The van der Waals surface area contributed by atoms with Crippen LogP contribution in [0.25, 0.3) is 0 Å². The SMILES string of the molecule is CC#CCCSc1ccc(N)cc1Cl. The predicted molar refractivity (Wildman–Crippen MR) is 64.7 cm³/mol. The van der Waals surface area contributed by atoms with Crippen LogP contribution in [0.15, 0.2) is 23.1 Å². The Bertz CT molecular complexity index is 365. The van der Waals surface area contributed by atoms with E-state index in [1.807, 2.05) is 19.1 Å². The van der Waals surface area contributed by atoms with Crippen molar-refractivity contribution in [3.63, 3.8) is 0 Å². The van der Waals surface area contributed by atoms with Gasteiger partial charge in [0, 0.05) is 22.8 Å². The van der Waals surface area contributed by atoms with Gasteiger partial charge in [0.1, 0.15) is 0 Å². The first-order valence-corrected chi connectivity index (χ1v) is 5.68. The number of rotatable bonds is 3. The van der Waals surface area contributed by atoms with Crippen LogP contribution in [0.5, 0.6) is 0 Å². The van der Waals surface area contributed by atoms with Gasteiger partial charge in [0.25, 0.3) is 0 Å². The first-order chi connectivity index (χ1) is 6.74. The Morgan fingerprint density at radius 1 is 1.50 bits per heavy atom. The zero-order valence-corrected chi connectivity index (χ0v) is 9.58. The maximum atomic E-state index is 6.01. The second-order valence-corrected chi connectivity index (χ2v) is 4.26. The smallest absolute Gasteiger partial charge is 0.0562 e. The highest BCUT2D eigenvalue weighted by Gasteiger charge is 2.00. The highest BCUT2D eigenvalue weighted by molar-refractivity contribution is 7.99. The largest absolute Gasteiger partial charge is 0.399 e. The van der Waals surface area contributed by atoms with Gasteiger partial charge in [-0.3, -0.25) is 0 Å². The zero-order valence-electron chi connectivity index (χ0n) is 8.01. The first kappa shape index (κ1) is 11.3. The van der Waals surface area contributed by atoms with Gasteiger partial charge >= 0.3 is 0 Å². The Hall–Kier alpha value is -0.780. The lowest BCUT2D eigenvalue weighted by molar-refractivity contribution is 1.29. The van der Waals surface area contributed by atoms with E-state index in [1.54, 1.807) is 17.8 Å². The summed E-state index contributed by atoms with van der Waals surface area (Å²) in [4.78, 5) is 1.07. The molecule has 0 atom stereocenters. The number of benzene rings is 1. The molecule has 0 saturated carbocycles. The summed E-state index contributed by atoms with van der Waals surface area (Å²) in [5.74, 6) is 6.83. The van der Waals surface area contributed by atoms with Crippen LogP contribution in [0, 0.1) is 11.8 Å². The van der Waals surface area contributed by atoms with Crippen molar-refractivity contribution in [1.82, 2.24) is 0 Å². The van der Waals surface area contributed by atoms with E-state index in [9.17, 15) is 0 Å². The van der Waals surface area contributed by atoms with Gasteiger partial charge in [-0.15, -0.1) is 23.6 Å². The van der Waals surface area contributed by atoms with Crippen LogP contribution < -0.4 is 5.73 Å². The monoisotopic (exact) mass is 225 g/mol. The second-order valence-electron chi connectivity index (χ2n) is 2.72. The lowest BCUT2D eigenvalue weighted by atomic mass is 10.3. The number of nitrogens with two attached hydrogens (primary N) is 1. The molecule has 0 amide bonds. The standard InChI is InChI=1S/C11H12ClNS/c1-2-3-4-7-14-11-6-5-9(13)8-10(11)12/h5-6,8H,4,7,13H2,1H3. The van der Waals surface area contributed by atoms with Crippen molar-refractivity contribution in [3.05, 3.63) is 23.2 Å². The molecule has 0 unspecified atom stereocenters. The van der Waals surface area contributed by atoms with Gasteiger partial charge in [0.2, 0.25) is 0 Å². The molecule has 14 heavy (non-hydrogen) atoms. The van der Waals surface area contributed by atoms with E-state index in [-0.39, 0.29) is 0 Å². The van der Waals surface area contributed by atoms with Crippen LogP contribution >= 0.6 is 23.4 Å². The van der Waals surface area contributed by atoms with Gasteiger partial charge < -0.3 is 5.73 Å². The summed E-state index contributed by atoms with van der Waals surface area (Å²) in [7, 11) is 0. The fourth-order valence-corrected chi connectivity index (χ4v) is 2.11. The van der Waals surface area contributed by atoms with E-state index >= 15 is 0 Å². The normalized spacial score (nSPS) is 9.29. The Morgan fingerprint density at radius 3 is 2.93 bits per heavy atom. The third kappa shape index (κ3) is 3.53. The summed E-state index contributed by atoms with van der Waals surface area (Å²) >= 11 is 7.71. The Balaban J connectivity index is 2.53. The van der Waals surface area contributed by atoms with Crippen molar-refractivity contribution in [2.24, 2.45) is 0 Å². The molecule has 0 heterocycles. The van der Waals surface area contributed by atoms with Crippen LogP contribution in [-0.4, -0.2) is 5.75 Å². The Kier molecular flexibility index (Phi) is 4.72. The minimum absolute atomic E-state index is 0.702. The van der Waals surface area contributed by atoms with Gasteiger partial charge in [-0.2, -0.15) is 0 Å². The molecule has 0 aliphatic heterocycles. The van der Waals surface area contributed by atoms with Crippen LogP contribution in [-0.2, 0) is 0 Å². The number of anilines is 1.